The van der Waals surface area contributed by atoms with Crippen LogP contribution in [0.25, 0.3) is 0 Å². The van der Waals surface area contributed by atoms with Crippen molar-refractivity contribution in [3.05, 3.63) is 0 Å². The summed E-state index contributed by atoms with van der Waals surface area (Å²) in [7, 11) is 0. The van der Waals surface area contributed by atoms with Crippen molar-refractivity contribution in [3.8, 4) is 261 Å². The summed E-state index contributed by atoms with van der Waals surface area (Å²) >= 11 is 0. The molecule has 1 aliphatic heterocycles. The summed E-state index contributed by atoms with van der Waals surface area (Å²) in [5.74, 6) is 107. The molecular formula is C56H24N3O+. The molecule has 0 aromatic carbocycles. The summed E-state index contributed by atoms with van der Waals surface area (Å²) in [4.78, 5) is 16.6. The van der Waals surface area contributed by atoms with Crippen molar-refractivity contribution in [1.82, 2.24) is 5.32 Å². The van der Waals surface area contributed by atoms with E-state index in [9.17, 15) is 4.79 Å². The molecular weight excluding hydrogens is 731 g/mol. The van der Waals surface area contributed by atoms with Gasteiger partial charge in [0.1, 0.15) is 6.04 Å². The summed E-state index contributed by atoms with van der Waals surface area (Å²) in [6.45, 7) is 7.74. The molecule has 1 N–H and O–H groups in total. The second kappa shape index (κ2) is 35.4. The van der Waals surface area contributed by atoms with Crippen LogP contribution in [0.1, 0.15) is 40.0 Å². The molecule has 2 atom stereocenters. The summed E-state index contributed by atoms with van der Waals surface area (Å²) < 4.78 is 0.441. The largest absolute Gasteiger partial charge is 0.345 e. The summed E-state index contributed by atoms with van der Waals surface area (Å²) in [6, 6.07) is 3.49. The lowest BCUT2D eigenvalue weighted by atomic mass is 10.1. The molecule has 268 valence electrons. The Morgan fingerprint density at radius 2 is 0.883 bits per heavy atom. The second-order valence-corrected chi connectivity index (χ2v) is 10.2. The first-order valence-electron chi connectivity index (χ1n) is 17.1. The Labute approximate surface area is 356 Å². The van der Waals surface area contributed by atoms with Gasteiger partial charge in [-0.2, -0.15) is 4.48 Å². The minimum Gasteiger partial charge on any atom is -0.345 e. The number of unbranched alkanes of at least 4 members (excludes halogenated alkanes) is 2. The zero-order valence-electron chi connectivity index (χ0n) is 32.7. The summed E-state index contributed by atoms with van der Waals surface area (Å²) in [5, 5.41) is 2.77. The van der Waals surface area contributed by atoms with Gasteiger partial charge >= 0.3 is 0 Å². The highest BCUT2D eigenvalue weighted by Gasteiger charge is 2.41. The van der Waals surface area contributed by atoms with Crippen molar-refractivity contribution in [2.75, 3.05) is 19.6 Å². The van der Waals surface area contributed by atoms with Gasteiger partial charge in [-0.1, -0.05) is 5.92 Å². The molecule has 4 nitrogen and oxygen atoms in total. The smallest absolute Gasteiger partial charge is 0.296 e. The molecule has 0 fully saturated rings. The van der Waals surface area contributed by atoms with Crippen molar-refractivity contribution < 1.29 is 9.28 Å². The van der Waals surface area contributed by atoms with Gasteiger partial charge in [-0.15, -0.1) is 6.42 Å². The van der Waals surface area contributed by atoms with E-state index < -0.39 is 5.91 Å². The van der Waals surface area contributed by atoms with E-state index >= 15 is 0 Å². The first kappa shape index (κ1) is 47.4. The van der Waals surface area contributed by atoms with E-state index in [1.165, 1.54) is 0 Å². The highest BCUT2D eigenvalue weighted by molar-refractivity contribution is 5.94. The monoisotopic (exact) mass is 754 g/mol. The zero-order valence-corrected chi connectivity index (χ0v) is 32.7. The number of aliphatic imine (C=N–C) groups is 1. The molecule has 4 heteroatoms. The maximum absolute atomic E-state index is 12.0. The molecule has 60 heavy (non-hydrogen) atoms. The number of hydrogen-bond acceptors (Lipinski definition) is 2. The Balaban J connectivity index is 2.52. The second-order valence-electron chi connectivity index (χ2n) is 10.2. The average Bonchev–Trinajstić information content (AvgIpc) is 3.53. The van der Waals surface area contributed by atoms with Gasteiger partial charge in [0.15, 0.2) is 6.04 Å². The van der Waals surface area contributed by atoms with Gasteiger partial charge in [0.2, 0.25) is 5.84 Å². The standard InChI is InChI=1S/C56H23N3O/c1-5-7-9-11-13-15-17-19-21-23-25-26-27-28-29-31-33-35-37-39-41-43-47-51-59(54(3)53-58-55(59)4)52-48-44-46-50-57-56(60)49-45-42-40-38-36-34-32-30-24-22-20-18-16-14-12-10-8-6-2/h2,54H,44,46,48,50,52-53H2,1,3-4H3/p+1. The third-order valence-electron chi connectivity index (χ3n) is 6.33. The molecule has 0 saturated carbocycles. The third kappa shape index (κ3) is 26.2. The van der Waals surface area contributed by atoms with Crippen LogP contribution in [0.15, 0.2) is 4.99 Å². The first-order chi connectivity index (χ1) is 29.6. The number of quaternary nitrogens is 1. The van der Waals surface area contributed by atoms with Crippen molar-refractivity contribution >= 4 is 11.7 Å². The predicted octanol–water partition coefficient (Wildman–Crippen LogP) is 1.59. The number of nitrogens with zero attached hydrogens (tertiary/aromatic N) is 2. The van der Waals surface area contributed by atoms with Gasteiger partial charge in [0.25, 0.3) is 5.91 Å². The van der Waals surface area contributed by atoms with Gasteiger partial charge < -0.3 is 5.32 Å². The Hall–Kier alpha value is -10.6. The van der Waals surface area contributed by atoms with Crippen molar-refractivity contribution in [2.24, 2.45) is 4.99 Å². The SMILES string of the molecule is C#CC#CC#CC#CC#CC#CC#CC#CC#CC#CC(=O)NCCCCC[N+]1(C#CC#CC#CC#CC#CC#CC#CC#CC#CC#CC#CC#CC)C(C)=NCC1C. The van der Waals surface area contributed by atoms with E-state index in [0.29, 0.717) is 17.6 Å². The van der Waals surface area contributed by atoms with E-state index in [2.05, 4.69) is 272 Å². The van der Waals surface area contributed by atoms with Crippen LogP contribution in [0.4, 0.5) is 0 Å². The third-order valence-corrected chi connectivity index (χ3v) is 6.33. The number of carbonyl (C=O) groups excluding carboxylic acids is 1. The van der Waals surface area contributed by atoms with Crippen LogP contribution >= 0.6 is 0 Å². The molecule has 1 aliphatic rings. The zero-order chi connectivity index (χ0) is 43.3. The quantitative estimate of drug-likeness (QED) is 0.250. The fourth-order valence-corrected chi connectivity index (χ4v) is 3.80. The number of nitrogens with one attached hydrogen (secondary N) is 1. The van der Waals surface area contributed by atoms with Crippen molar-refractivity contribution in [1.29, 1.82) is 0 Å². The summed E-state index contributed by atoms with van der Waals surface area (Å²) in [5.41, 5.74) is 0. The van der Waals surface area contributed by atoms with Gasteiger partial charge in [-0.25, -0.2) is 4.99 Å². The summed E-state index contributed by atoms with van der Waals surface area (Å²) in [6.07, 6.45) is 7.49. The molecule has 1 amide bonds. The normalized spacial score (nSPS) is 10.8. The van der Waals surface area contributed by atoms with E-state index in [0.717, 1.165) is 31.6 Å². The van der Waals surface area contributed by atoms with Crippen LogP contribution in [-0.4, -0.2) is 41.9 Å². The molecule has 0 aromatic rings. The topological polar surface area (TPSA) is 41.5 Å². The van der Waals surface area contributed by atoms with Crippen molar-refractivity contribution in [3.63, 3.8) is 0 Å². The number of rotatable bonds is 6. The average molecular weight is 755 g/mol. The van der Waals surface area contributed by atoms with Crippen LogP contribution in [0.3, 0.4) is 0 Å². The van der Waals surface area contributed by atoms with Gasteiger partial charge in [-0.3, -0.25) is 4.79 Å². The molecule has 0 bridgehead atoms. The predicted molar refractivity (Wildman–Crippen MR) is 237 cm³/mol. The Morgan fingerprint density at radius 1 is 0.533 bits per heavy atom. The van der Waals surface area contributed by atoms with Crippen LogP contribution in [0, 0.1) is 261 Å². The lowest BCUT2D eigenvalue weighted by Crippen LogP contribution is -2.51. The van der Waals surface area contributed by atoms with Crippen LogP contribution in [-0.2, 0) is 4.79 Å². The molecule has 2 unspecified atom stereocenters. The first-order valence-corrected chi connectivity index (χ1v) is 17.1. The highest BCUT2D eigenvalue weighted by atomic mass is 16.1. The highest BCUT2D eigenvalue weighted by Crippen LogP contribution is 2.22. The van der Waals surface area contributed by atoms with Gasteiger partial charge in [0, 0.05) is 108 Å². The lowest BCUT2D eigenvalue weighted by molar-refractivity contribution is -0.791. The number of terminal acetylenes is 1. The van der Waals surface area contributed by atoms with E-state index in [-0.39, 0.29) is 6.04 Å². The molecule has 0 aliphatic carbocycles. The minimum atomic E-state index is -0.418. The maximum Gasteiger partial charge on any atom is 0.296 e. The molecule has 0 radical (unpaired) electrons. The molecule has 0 spiro atoms. The Bertz CT molecular complexity index is 3220. The Kier molecular flexibility index (Phi) is 28.0. The van der Waals surface area contributed by atoms with Crippen LogP contribution in [0.2, 0.25) is 0 Å². The molecule has 0 aromatic heterocycles. The van der Waals surface area contributed by atoms with E-state index in [1.807, 2.05) is 6.92 Å². The molecule has 1 heterocycles. The Morgan fingerprint density at radius 3 is 1.23 bits per heavy atom. The van der Waals surface area contributed by atoms with Gasteiger partial charge in [-0.05, 0) is 175 Å². The molecule has 0 saturated heterocycles. The van der Waals surface area contributed by atoms with Crippen LogP contribution in [0.5, 0.6) is 0 Å². The number of amides is 1. The van der Waals surface area contributed by atoms with Crippen molar-refractivity contribution in [2.45, 2.75) is 46.1 Å². The van der Waals surface area contributed by atoms with Gasteiger partial charge in [0.05, 0.1) is 19.0 Å². The number of hydrogen-bond donors (Lipinski definition) is 1. The minimum absolute atomic E-state index is 0.194. The lowest BCUT2D eigenvalue weighted by Gasteiger charge is -2.30. The molecule has 1 rings (SSSR count). The fraction of sp³-hybridized carbons (Fsp3) is 0.179. The maximum atomic E-state index is 12.0. The van der Waals surface area contributed by atoms with Crippen LogP contribution < -0.4 is 5.32 Å². The van der Waals surface area contributed by atoms with E-state index in [4.69, 9.17) is 6.42 Å². The van der Waals surface area contributed by atoms with E-state index in [1.54, 1.807) is 6.92 Å². The number of amidine groups is 1. The fourth-order valence-electron chi connectivity index (χ4n) is 3.80. The number of carbonyl (C=O) groups is 1.